The molecular formula is C10H17N5O2. The topological polar surface area (TPSA) is 106 Å². The van der Waals surface area contributed by atoms with Crippen molar-refractivity contribution in [1.82, 2.24) is 20.3 Å². The number of carbonyl (C=O) groups excluding carboxylic acids is 1. The molecule has 4 N–H and O–H groups in total. The second-order valence-electron chi connectivity index (χ2n) is 4.24. The standard InChI is InChI=1S/C10H17N5O2/c11-4-10(17)12-5-7-6-15(14-13-7)8-2-1-3-9(8)16/h6,8-9,16H,1-5,11H2,(H,12,17). The van der Waals surface area contributed by atoms with Crippen molar-refractivity contribution >= 4 is 5.91 Å². The maximum Gasteiger partial charge on any atom is 0.234 e. The lowest BCUT2D eigenvalue weighted by molar-refractivity contribution is -0.119. The third-order valence-corrected chi connectivity index (χ3v) is 2.99. The number of nitrogens with two attached hydrogens (primary N) is 1. The van der Waals surface area contributed by atoms with Crippen LogP contribution in [0.4, 0.5) is 0 Å². The second-order valence-corrected chi connectivity index (χ2v) is 4.24. The van der Waals surface area contributed by atoms with Crippen molar-refractivity contribution in [2.24, 2.45) is 5.73 Å². The molecule has 0 aliphatic heterocycles. The molecule has 7 heteroatoms. The van der Waals surface area contributed by atoms with Crippen LogP contribution >= 0.6 is 0 Å². The van der Waals surface area contributed by atoms with Crippen LogP contribution in [0.2, 0.25) is 0 Å². The van der Waals surface area contributed by atoms with Crippen molar-refractivity contribution in [3.63, 3.8) is 0 Å². The van der Waals surface area contributed by atoms with E-state index < -0.39 is 0 Å². The normalized spacial score (nSPS) is 23.9. The minimum atomic E-state index is -0.344. The number of aliphatic hydroxyl groups excluding tert-OH is 1. The fourth-order valence-electron chi connectivity index (χ4n) is 2.05. The number of aliphatic hydroxyl groups is 1. The highest BCUT2D eigenvalue weighted by molar-refractivity contribution is 5.77. The Morgan fingerprint density at radius 3 is 3.12 bits per heavy atom. The maximum atomic E-state index is 11.0. The summed E-state index contributed by atoms with van der Waals surface area (Å²) < 4.78 is 1.68. The fraction of sp³-hybridized carbons (Fsp3) is 0.700. The summed E-state index contributed by atoms with van der Waals surface area (Å²) >= 11 is 0. The van der Waals surface area contributed by atoms with E-state index in [2.05, 4.69) is 15.6 Å². The van der Waals surface area contributed by atoms with Crippen molar-refractivity contribution in [1.29, 1.82) is 0 Å². The van der Waals surface area contributed by atoms with Crippen LogP contribution in [0.3, 0.4) is 0 Å². The van der Waals surface area contributed by atoms with Gasteiger partial charge in [0.15, 0.2) is 0 Å². The summed E-state index contributed by atoms with van der Waals surface area (Å²) in [6, 6.07) is 0.0152. The first-order chi connectivity index (χ1) is 8.20. The van der Waals surface area contributed by atoms with Gasteiger partial charge in [0, 0.05) is 0 Å². The summed E-state index contributed by atoms with van der Waals surface area (Å²) in [7, 11) is 0. The summed E-state index contributed by atoms with van der Waals surface area (Å²) in [6.07, 6.45) is 4.15. The van der Waals surface area contributed by atoms with Crippen LogP contribution in [0, 0.1) is 0 Å². The molecule has 0 spiro atoms. The first-order valence-corrected chi connectivity index (χ1v) is 5.76. The maximum absolute atomic E-state index is 11.0. The van der Waals surface area contributed by atoms with Gasteiger partial charge in [-0.3, -0.25) is 4.79 Å². The van der Waals surface area contributed by atoms with Gasteiger partial charge in [0.05, 0.1) is 31.4 Å². The molecule has 2 unspecified atom stereocenters. The van der Waals surface area contributed by atoms with Crippen molar-refractivity contribution < 1.29 is 9.90 Å². The molecule has 1 saturated carbocycles. The highest BCUT2D eigenvalue weighted by Gasteiger charge is 2.27. The molecule has 94 valence electrons. The van der Waals surface area contributed by atoms with Crippen LogP contribution < -0.4 is 11.1 Å². The molecular weight excluding hydrogens is 222 g/mol. The first kappa shape index (κ1) is 12.0. The lowest BCUT2D eigenvalue weighted by Crippen LogP contribution is -2.29. The van der Waals surface area contributed by atoms with Crippen LogP contribution in [0.25, 0.3) is 0 Å². The van der Waals surface area contributed by atoms with E-state index >= 15 is 0 Å². The Kier molecular flexibility index (Phi) is 3.70. The Bertz CT molecular complexity index is 392. The van der Waals surface area contributed by atoms with Crippen molar-refractivity contribution in [2.45, 2.75) is 38.0 Å². The average molecular weight is 239 g/mol. The zero-order chi connectivity index (χ0) is 12.3. The van der Waals surface area contributed by atoms with E-state index in [-0.39, 0.29) is 24.6 Å². The number of carbonyl (C=O) groups is 1. The lowest BCUT2D eigenvalue weighted by atomic mass is 10.2. The van der Waals surface area contributed by atoms with E-state index in [9.17, 15) is 9.90 Å². The number of nitrogens with one attached hydrogen (secondary N) is 1. The molecule has 2 rings (SSSR count). The average Bonchev–Trinajstić information content (AvgIpc) is 2.94. The fourth-order valence-corrected chi connectivity index (χ4v) is 2.05. The van der Waals surface area contributed by atoms with Crippen molar-refractivity contribution in [3.8, 4) is 0 Å². The molecule has 1 aromatic rings. The smallest absolute Gasteiger partial charge is 0.234 e. The first-order valence-electron chi connectivity index (χ1n) is 5.76. The van der Waals surface area contributed by atoms with Crippen LogP contribution in [-0.2, 0) is 11.3 Å². The molecule has 1 aromatic heterocycles. The van der Waals surface area contributed by atoms with Gasteiger partial charge in [0.2, 0.25) is 5.91 Å². The summed E-state index contributed by atoms with van der Waals surface area (Å²) in [5, 5.41) is 20.3. The van der Waals surface area contributed by atoms with E-state index in [1.54, 1.807) is 10.9 Å². The summed E-state index contributed by atoms with van der Waals surface area (Å²) in [5.74, 6) is -0.222. The molecule has 2 atom stereocenters. The minimum absolute atomic E-state index is 0.0152. The summed E-state index contributed by atoms with van der Waals surface area (Å²) in [4.78, 5) is 11.0. The molecule has 1 fully saturated rings. The van der Waals surface area contributed by atoms with E-state index in [1.165, 1.54) is 0 Å². The van der Waals surface area contributed by atoms with Gasteiger partial charge in [-0.15, -0.1) is 5.10 Å². The zero-order valence-electron chi connectivity index (χ0n) is 9.54. The Hall–Kier alpha value is -1.47. The molecule has 7 nitrogen and oxygen atoms in total. The van der Waals surface area contributed by atoms with E-state index in [0.29, 0.717) is 12.2 Å². The molecule has 0 saturated heterocycles. The van der Waals surface area contributed by atoms with E-state index in [1.807, 2.05) is 0 Å². The number of hydrogen-bond donors (Lipinski definition) is 3. The SMILES string of the molecule is NCC(=O)NCc1cn(C2CCCC2O)nn1. The number of rotatable bonds is 4. The Labute approximate surface area is 99.0 Å². The second kappa shape index (κ2) is 5.24. The number of nitrogens with zero attached hydrogens (tertiary/aromatic N) is 3. The highest BCUT2D eigenvalue weighted by atomic mass is 16.3. The van der Waals surface area contributed by atoms with Gasteiger partial charge in [-0.1, -0.05) is 5.21 Å². The lowest BCUT2D eigenvalue weighted by Gasteiger charge is -2.13. The van der Waals surface area contributed by atoms with Crippen molar-refractivity contribution in [2.75, 3.05) is 6.54 Å². The Morgan fingerprint density at radius 2 is 2.47 bits per heavy atom. The zero-order valence-corrected chi connectivity index (χ0v) is 9.54. The van der Waals surface area contributed by atoms with Crippen LogP contribution in [0.1, 0.15) is 31.0 Å². The molecule has 17 heavy (non-hydrogen) atoms. The monoisotopic (exact) mass is 239 g/mol. The predicted octanol–water partition coefficient (Wildman–Crippen LogP) is -1.06. The van der Waals surface area contributed by atoms with Crippen LogP contribution in [0.15, 0.2) is 6.20 Å². The molecule has 0 aromatic carbocycles. The van der Waals surface area contributed by atoms with Gasteiger partial charge in [0.25, 0.3) is 0 Å². The van der Waals surface area contributed by atoms with Gasteiger partial charge >= 0.3 is 0 Å². The molecule has 1 heterocycles. The molecule has 1 aliphatic rings. The largest absolute Gasteiger partial charge is 0.391 e. The van der Waals surface area contributed by atoms with Gasteiger partial charge in [-0.05, 0) is 19.3 Å². The number of hydrogen-bond acceptors (Lipinski definition) is 5. The molecule has 1 aliphatic carbocycles. The number of aromatic nitrogens is 3. The predicted molar refractivity (Wildman–Crippen MR) is 59.8 cm³/mol. The highest BCUT2D eigenvalue weighted by Crippen LogP contribution is 2.29. The summed E-state index contributed by atoms with van der Waals surface area (Å²) in [5.41, 5.74) is 5.84. The molecule has 0 bridgehead atoms. The minimum Gasteiger partial charge on any atom is -0.391 e. The van der Waals surface area contributed by atoms with Gasteiger partial charge in [-0.25, -0.2) is 4.68 Å². The molecule has 0 radical (unpaired) electrons. The third-order valence-electron chi connectivity index (χ3n) is 2.99. The van der Waals surface area contributed by atoms with Gasteiger partial charge in [0.1, 0.15) is 5.69 Å². The van der Waals surface area contributed by atoms with Gasteiger partial charge in [-0.2, -0.15) is 0 Å². The van der Waals surface area contributed by atoms with Crippen LogP contribution in [0.5, 0.6) is 0 Å². The third kappa shape index (κ3) is 2.80. The summed E-state index contributed by atoms with van der Waals surface area (Å²) in [6.45, 7) is 0.286. The molecule has 1 amide bonds. The van der Waals surface area contributed by atoms with E-state index in [0.717, 1.165) is 19.3 Å². The quantitative estimate of drug-likeness (QED) is 0.621. The van der Waals surface area contributed by atoms with Gasteiger partial charge < -0.3 is 16.2 Å². The number of amides is 1. The Morgan fingerprint density at radius 1 is 1.65 bits per heavy atom. The Balaban J connectivity index is 1.93. The van der Waals surface area contributed by atoms with Crippen molar-refractivity contribution in [3.05, 3.63) is 11.9 Å². The van der Waals surface area contributed by atoms with E-state index in [4.69, 9.17) is 5.73 Å². The van der Waals surface area contributed by atoms with Crippen LogP contribution in [-0.4, -0.2) is 38.7 Å².